The van der Waals surface area contributed by atoms with Crippen LogP contribution < -0.4 is 5.32 Å². The minimum absolute atomic E-state index is 0.0520. The molecule has 2 heterocycles. The Morgan fingerprint density at radius 2 is 1.85 bits per heavy atom. The number of nitrogens with zero attached hydrogens (tertiary/aromatic N) is 1. The fraction of sp³-hybridized carbons (Fsp3) is 0.278. The maximum absolute atomic E-state index is 12.7. The van der Waals surface area contributed by atoms with Gasteiger partial charge in [0.1, 0.15) is 5.03 Å². The highest BCUT2D eigenvalue weighted by Gasteiger charge is 2.35. The van der Waals surface area contributed by atoms with Gasteiger partial charge in [-0.05, 0) is 55.0 Å². The standard InChI is InChI=1S/C18H15F3N2O2S/c19-18(20,21)14-9-8-13(24-14)15-16(26)23-17(25-15)22-12-7-3-5-10-4-1-2-6-11(10)12/h3,5,7-9,26H,1-2,4,6H2,(H,22,23). The third-order valence-corrected chi connectivity index (χ3v) is 4.66. The molecule has 4 nitrogen and oxygen atoms in total. The van der Waals surface area contributed by atoms with Gasteiger partial charge in [0.25, 0.3) is 0 Å². The van der Waals surface area contributed by atoms with Gasteiger partial charge in [-0.25, -0.2) is 0 Å². The molecular formula is C18H15F3N2O2S. The lowest BCUT2D eigenvalue weighted by atomic mass is 9.90. The third-order valence-electron chi connectivity index (χ3n) is 4.36. The minimum Gasteiger partial charge on any atom is -0.448 e. The van der Waals surface area contributed by atoms with Gasteiger partial charge < -0.3 is 14.2 Å². The molecule has 0 bridgehead atoms. The van der Waals surface area contributed by atoms with Gasteiger partial charge in [-0.3, -0.25) is 0 Å². The molecule has 0 aliphatic heterocycles. The predicted octanol–water partition coefficient (Wildman–Crippen LogP) is 5.86. The van der Waals surface area contributed by atoms with Crippen LogP contribution in [-0.4, -0.2) is 4.98 Å². The molecule has 136 valence electrons. The SMILES string of the molecule is FC(F)(F)c1ccc(-c2oc(Nc3cccc4c3CCCC4)nc2S)o1. The molecule has 0 saturated heterocycles. The topological polar surface area (TPSA) is 51.2 Å². The van der Waals surface area contributed by atoms with E-state index >= 15 is 0 Å². The van der Waals surface area contributed by atoms with Crippen LogP contribution in [0.25, 0.3) is 11.5 Å². The largest absolute Gasteiger partial charge is 0.449 e. The molecule has 0 atom stereocenters. The number of halogens is 3. The molecule has 0 radical (unpaired) electrons. The molecule has 0 unspecified atom stereocenters. The Balaban J connectivity index is 1.63. The Kier molecular flexibility index (Phi) is 4.22. The van der Waals surface area contributed by atoms with Crippen LogP contribution in [0.2, 0.25) is 0 Å². The smallest absolute Gasteiger partial charge is 0.448 e. The number of nitrogens with one attached hydrogen (secondary N) is 1. The first-order valence-electron chi connectivity index (χ1n) is 8.17. The highest BCUT2D eigenvalue weighted by molar-refractivity contribution is 7.80. The summed E-state index contributed by atoms with van der Waals surface area (Å²) in [6.07, 6.45) is -0.272. The van der Waals surface area contributed by atoms with Gasteiger partial charge in [0.15, 0.2) is 5.76 Å². The van der Waals surface area contributed by atoms with E-state index in [1.807, 2.05) is 12.1 Å². The predicted molar refractivity (Wildman–Crippen MR) is 92.8 cm³/mol. The first kappa shape index (κ1) is 17.1. The summed E-state index contributed by atoms with van der Waals surface area (Å²) in [5.74, 6) is -1.11. The van der Waals surface area contributed by atoms with E-state index in [2.05, 4.69) is 29.0 Å². The Hall–Kier alpha value is -2.35. The lowest BCUT2D eigenvalue weighted by Gasteiger charge is -2.18. The van der Waals surface area contributed by atoms with Gasteiger partial charge in [-0.2, -0.15) is 18.2 Å². The molecular weight excluding hydrogens is 365 g/mol. The zero-order valence-corrected chi connectivity index (χ0v) is 14.5. The molecule has 0 fully saturated rings. The van der Waals surface area contributed by atoms with Gasteiger partial charge in [0.2, 0.25) is 11.5 Å². The number of oxazole rings is 1. The van der Waals surface area contributed by atoms with Crippen molar-refractivity contribution in [3.63, 3.8) is 0 Å². The van der Waals surface area contributed by atoms with E-state index in [0.717, 1.165) is 31.0 Å². The molecule has 0 spiro atoms. The van der Waals surface area contributed by atoms with E-state index in [1.165, 1.54) is 23.6 Å². The summed E-state index contributed by atoms with van der Waals surface area (Å²) >= 11 is 4.19. The summed E-state index contributed by atoms with van der Waals surface area (Å²) in [5, 5.41) is 3.26. The van der Waals surface area contributed by atoms with Crippen LogP contribution in [0.1, 0.15) is 29.7 Å². The van der Waals surface area contributed by atoms with E-state index in [0.29, 0.717) is 0 Å². The molecule has 0 saturated carbocycles. The number of anilines is 2. The molecule has 1 aliphatic carbocycles. The van der Waals surface area contributed by atoms with Crippen molar-refractivity contribution in [3.05, 3.63) is 47.2 Å². The molecule has 0 amide bonds. The van der Waals surface area contributed by atoms with Gasteiger partial charge in [-0.1, -0.05) is 12.1 Å². The van der Waals surface area contributed by atoms with Crippen LogP contribution in [0.4, 0.5) is 24.9 Å². The van der Waals surface area contributed by atoms with E-state index in [4.69, 9.17) is 8.83 Å². The van der Waals surface area contributed by atoms with Crippen molar-refractivity contribution in [1.29, 1.82) is 0 Å². The summed E-state index contributed by atoms with van der Waals surface area (Å²) in [5.41, 5.74) is 3.40. The minimum atomic E-state index is -4.56. The molecule has 1 aliphatic rings. The van der Waals surface area contributed by atoms with Crippen molar-refractivity contribution in [2.24, 2.45) is 0 Å². The number of benzene rings is 1. The molecule has 3 aromatic rings. The van der Waals surface area contributed by atoms with Crippen molar-refractivity contribution >= 4 is 24.3 Å². The second kappa shape index (κ2) is 6.42. The fourth-order valence-corrected chi connectivity index (χ4v) is 3.40. The van der Waals surface area contributed by atoms with E-state index < -0.39 is 11.9 Å². The van der Waals surface area contributed by atoms with Gasteiger partial charge in [0.05, 0.1) is 0 Å². The molecule has 2 aromatic heterocycles. The van der Waals surface area contributed by atoms with Gasteiger partial charge in [-0.15, -0.1) is 12.6 Å². The summed E-state index contributed by atoms with van der Waals surface area (Å²) in [7, 11) is 0. The number of thiol groups is 1. The monoisotopic (exact) mass is 380 g/mol. The average Bonchev–Trinajstić information content (AvgIpc) is 3.22. The lowest BCUT2D eigenvalue weighted by molar-refractivity contribution is -0.152. The average molecular weight is 380 g/mol. The Bertz CT molecular complexity index is 946. The zero-order chi connectivity index (χ0) is 18.3. The number of alkyl halides is 3. The van der Waals surface area contributed by atoms with Crippen LogP contribution in [-0.2, 0) is 19.0 Å². The molecule has 4 rings (SSSR count). The molecule has 1 N–H and O–H groups in total. The summed E-state index contributed by atoms with van der Waals surface area (Å²) in [4.78, 5) is 4.15. The number of fused-ring (bicyclic) bond motifs is 1. The first-order chi connectivity index (χ1) is 12.4. The maximum atomic E-state index is 12.7. The summed E-state index contributed by atoms with van der Waals surface area (Å²) in [6.45, 7) is 0. The van der Waals surface area contributed by atoms with Crippen LogP contribution in [0, 0.1) is 0 Å². The maximum Gasteiger partial charge on any atom is 0.449 e. The second-order valence-corrected chi connectivity index (χ2v) is 6.53. The lowest BCUT2D eigenvalue weighted by Crippen LogP contribution is -2.06. The Morgan fingerprint density at radius 1 is 1.04 bits per heavy atom. The van der Waals surface area contributed by atoms with Crippen LogP contribution in [0.5, 0.6) is 0 Å². The number of hydrogen-bond acceptors (Lipinski definition) is 5. The molecule has 26 heavy (non-hydrogen) atoms. The van der Waals surface area contributed by atoms with E-state index in [1.54, 1.807) is 0 Å². The van der Waals surface area contributed by atoms with Crippen LogP contribution in [0.3, 0.4) is 0 Å². The van der Waals surface area contributed by atoms with Crippen molar-refractivity contribution in [1.82, 2.24) is 4.98 Å². The highest BCUT2D eigenvalue weighted by atomic mass is 32.1. The summed E-state index contributed by atoms with van der Waals surface area (Å²) < 4.78 is 48.5. The van der Waals surface area contributed by atoms with E-state index in [9.17, 15) is 13.2 Å². The molecule has 1 aromatic carbocycles. The van der Waals surface area contributed by atoms with Crippen molar-refractivity contribution in [2.75, 3.05) is 5.32 Å². The molecule has 8 heteroatoms. The van der Waals surface area contributed by atoms with Gasteiger partial charge >= 0.3 is 12.2 Å². The van der Waals surface area contributed by atoms with E-state index in [-0.39, 0.29) is 22.6 Å². The van der Waals surface area contributed by atoms with Crippen molar-refractivity contribution < 1.29 is 22.0 Å². The van der Waals surface area contributed by atoms with Gasteiger partial charge in [0, 0.05) is 5.69 Å². The third kappa shape index (κ3) is 3.21. The number of hydrogen-bond donors (Lipinski definition) is 2. The van der Waals surface area contributed by atoms with Crippen LogP contribution >= 0.6 is 12.6 Å². The fourth-order valence-electron chi connectivity index (χ4n) is 3.15. The zero-order valence-electron chi connectivity index (χ0n) is 13.6. The van der Waals surface area contributed by atoms with Crippen molar-refractivity contribution in [2.45, 2.75) is 36.9 Å². The highest BCUT2D eigenvalue weighted by Crippen LogP contribution is 2.37. The Morgan fingerprint density at radius 3 is 2.62 bits per heavy atom. The Labute approximate surface area is 152 Å². The quantitative estimate of drug-likeness (QED) is 0.559. The second-order valence-electron chi connectivity index (χ2n) is 6.11. The van der Waals surface area contributed by atoms with Crippen molar-refractivity contribution in [3.8, 4) is 11.5 Å². The first-order valence-corrected chi connectivity index (χ1v) is 8.61. The number of aryl methyl sites for hydroxylation is 1. The number of aromatic nitrogens is 1. The normalized spacial score (nSPS) is 14.3. The summed E-state index contributed by atoms with van der Waals surface area (Å²) in [6, 6.07) is 8.20. The number of furan rings is 1. The number of rotatable bonds is 3. The van der Waals surface area contributed by atoms with Crippen LogP contribution in [0.15, 0.2) is 44.2 Å².